The van der Waals surface area contributed by atoms with E-state index >= 15 is 0 Å². The Bertz CT molecular complexity index is 1110. The van der Waals surface area contributed by atoms with Gasteiger partial charge in [0.25, 0.3) is 0 Å². The number of nitrogens with zero attached hydrogens (tertiary/aromatic N) is 5. The lowest BCUT2D eigenvalue weighted by atomic mass is 10.2. The molecule has 0 saturated carbocycles. The smallest absolute Gasteiger partial charge is 0.301 e. The van der Waals surface area contributed by atoms with Crippen molar-refractivity contribution in [1.29, 1.82) is 0 Å². The molecule has 1 amide bonds. The molecule has 0 fully saturated rings. The molecule has 0 aliphatic heterocycles. The molecule has 6 heteroatoms. The van der Waals surface area contributed by atoms with Gasteiger partial charge in [-0.15, -0.1) is 5.10 Å². The van der Waals surface area contributed by atoms with Gasteiger partial charge in [0.05, 0.1) is 11.9 Å². The van der Waals surface area contributed by atoms with E-state index in [-0.39, 0.29) is 5.69 Å². The zero-order valence-electron chi connectivity index (χ0n) is 14.5. The Balaban J connectivity index is 1.63. The Morgan fingerprint density at radius 3 is 2.37 bits per heavy atom. The molecule has 4 rings (SSSR count). The third-order valence-corrected chi connectivity index (χ3v) is 4.03. The van der Waals surface area contributed by atoms with Gasteiger partial charge >= 0.3 is 5.91 Å². The molecule has 4 aromatic rings. The van der Waals surface area contributed by atoms with Crippen LogP contribution >= 0.6 is 0 Å². The fourth-order valence-electron chi connectivity index (χ4n) is 2.69. The highest BCUT2D eigenvalue weighted by Crippen LogP contribution is 2.05. The first-order valence-electron chi connectivity index (χ1n) is 8.56. The van der Waals surface area contributed by atoms with Crippen LogP contribution in [0, 0.1) is 0 Å². The van der Waals surface area contributed by atoms with Gasteiger partial charge in [0.2, 0.25) is 0 Å². The molecule has 2 aromatic carbocycles. The summed E-state index contributed by atoms with van der Waals surface area (Å²) in [7, 11) is 0. The molecule has 2 heterocycles. The molecule has 2 aromatic heterocycles. The lowest BCUT2D eigenvalue weighted by molar-refractivity contribution is 0.0992. The van der Waals surface area contributed by atoms with Crippen LogP contribution in [0.4, 0.5) is 0 Å². The number of benzene rings is 2. The van der Waals surface area contributed by atoms with Gasteiger partial charge in [-0.2, -0.15) is 14.9 Å². The van der Waals surface area contributed by atoms with Crippen LogP contribution in [-0.4, -0.2) is 25.5 Å². The first kappa shape index (κ1) is 16.7. The van der Waals surface area contributed by atoms with Gasteiger partial charge < -0.3 is 4.57 Å². The fraction of sp³-hybridized carbons (Fsp3) is 0.0476. The van der Waals surface area contributed by atoms with Crippen molar-refractivity contribution < 1.29 is 4.79 Å². The Morgan fingerprint density at radius 2 is 1.59 bits per heavy atom. The normalized spacial score (nSPS) is 11.5. The maximum Gasteiger partial charge on any atom is 0.301 e. The fourth-order valence-corrected chi connectivity index (χ4v) is 2.69. The third kappa shape index (κ3) is 3.90. The Kier molecular flexibility index (Phi) is 4.70. The zero-order valence-corrected chi connectivity index (χ0v) is 14.5. The summed E-state index contributed by atoms with van der Waals surface area (Å²) in [4.78, 5) is 18.2. The van der Waals surface area contributed by atoms with E-state index in [2.05, 4.69) is 15.2 Å². The van der Waals surface area contributed by atoms with Gasteiger partial charge in [-0.3, -0.25) is 4.79 Å². The molecule has 0 atom stereocenters. The van der Waals surface area contributed by atoms with Gasteiger partial charge in [-0.05, 0) is 29.8 Å². The van der Waals surface area contributed by atoms with E-state index in [4.69, 9.17) is 0 Å². The summed E-state index contributed by atoms with van der Waals surface area (Å²) in [5, 5.41) is 8.40. The largest absolute Gasteiger partial charge is 0.328 e. The summed E-state index contributed by atoms with van der Waals surface area (Å²) in [6.07, 6.45) is 3.34. The van der Waals surface area contributed by atoms with Crippen LogP contribution in [0.5, 0.6) is 0 Å². The van der Waals surface area contributed by atoms with Gasteiger partial charge in [0.1, 0.15) is 5.49 Å². The molecule has 0 radical (unpaired) electrons. The summed E-state index contributed by atoms with van der Waals surface area (Å²) in [5.74, 6) is -0.426. The van der Waals surface area contributed by atoms with Crippen LogP contribution in [0.15, 0.2) is 96.2 Å². The van der Waals surface area contributed by atoms with Gasteiger partial charge in [0.15, 0.2) is 5.69 Å². The summed E-state index contributed by atoms with van der Waals surface area (Å²) in [6, 6.07) is 25.0. The van der Waals surface area contributed by atoms with Crippen molar-refractivity contribution >= 4 is 5.91 Å². The van der Waals surface area contributed by atoms with E-state index in [0.717, 1.165) is 11.3 Å². The monoisotopic (exact) mass is 355 g/mol. The van der Waals surface area contributed by atoms with Crippen molar-refractivity contribution in [2.45, 2.75) is 6.54 Å². The number of pyridine rings is 1. The predicted molar refractivity (Wildman–Crippen MR) is 101 cm³/mol. The molecule has 27 heavy (non-hydrogen) atoms. The lowest BCUT2D eigenvalue weighted by Gasteiger charge is -2.07. The topological polar surface area (TPSA) is 65.1 Å². The van der Waals surface area contributed by atoms with Crippen LogP contribution < -0.4 is 5.49 Å². The van der Waals surface area contributed by atoms with E-state index in [1.807, 2.05) is 89.6 Å². The SMILES string of the molecule is O=C(N=c1ccccn1Cc1ccccc1)c1cnn(-c2ccccc2)n1. The van der Waals surface area contributed by atoms with Crippen molar-refractivity contribution in [3.8, 4) is 5.69 Å². The molecule has 0 unspecified atom stereocenters. The van der Waals surface area contributed by atoms with E-state index in [9.17, 15) is 4.79 Å². The molecular weight excluding hydrogens is 338 g/mol. The number of carbonyl (C=O) groups excluding carboxylic acids is 1. The van der Waals surface area contributed by atoms with E-state index < -0.39 is 5.91 Å². The number of aromatic nitrogens is 4. The Hall–Kier alpha value is -3.80. The minimum absolute atomic E-state index is 0.203. The minimum Gasteiger partial charge on any atom is -0.328 e. The maximum atomic E-state index is 12.6. The zero-order chi connectivity index (χ0) is 18.5. The van der Waals surface area contributed by atoms with Crippen LogP contribution in [0.3, 0.4) is 0 Å². The van der Waals surface area contributed by atoms with Gasteiger partial charge in [0, 0.05) is 12.7 Å². The number of rotatable bonds is 4. The number of amides is 1. The third-order valence-electron chi connectivity index (χ3n) is 4.03. The average Bonchev–Trinajstić information content (AvgIpc) is 3.21. The second-order valence-electron chi connectivity index (χ2n) is 5.94. The standard InChI is InChI=1S/C21H17N5O/c27-21(19-15-22-26(24-19)18-11-5-2-6-12-18)23-20-13-7-8-14-25(20)16-17-9-3-1-4-10-17/h1-15H,16H2. The molecule has 0 bridgehead atoms. The molecule has 0 N–H and O–H groups in total. The molecule has 6 nitrogen and oxygen atoms in total. The number of hydrogen-bond acceptors (Lipinski definition) is 3. The second kappa shape index (κ2) is 7.61. The first-order valence-corrected chi connectivity index (χ1v) is 8.56. The van der Waals surface area contributed by atoms with Crippen molar-refractivity contribution in [2.75, 3.05) is 0 Å². The van der Waals surface area contributed by atoms with Gasteiger partial charge in [-0.1, -0.05) is 54.6 Å². The summed E-state index contributed by atoms with van der Waals surface area (Å²) >= 11 is 0. The van der Waals surface area contributed by atoms with E-state index in [1.165, 1.54) is 11.0 Å². The van der Waals surface area contributed by atoms with Crippen LogP contribution in [0.1, 0.15) is 16.1 Å². The average molecular weight is 355 g/mol. The molecule has 0 aliphatic rings. The number of carbonyl (C=O) groups is 1. The first-order chi connectivity index (χ1) is 13.3. The van der Waals surface area contributed by atoms with Crippen LogP contribution in [0.25, 0.3) is 5.69 Å². The second-order valence-corrected chi connectivity index (χ2v) is 5.94. The summed E-state index contributed by atoms with van der Waals surface area (Å²) in [6.45, 7) is 0.629. The van der Waals surface area contributed by atoms with Crippen molar-refractivity contribution in [1.82, 2.24) is 19.6 Å². The summed E-state index contributed by atoms with van der Waals surface area (Å²) in [5.41, 5.74) is 2.69. The molecule has 0 saturated heterocycles. The molecule has 0 aliphatic carbocycles. The Labute approximate surface area is 156 Å². The lowest BCUT2D eigenvalue weighted by Crippen LogP contribution is -2.22. The van der Waals surface area contributed by atoms with Crippen molar-refractivity contribution in [3.63, 3.8) is 0 Å². The van der Waals surface area contributed by atoms with Crippen LogP contribution in [0.2, 0.25) is 0 Å². The summed E-state index contributed by atoms with van der Waals surface area (Å²) < 4.78 is 1.93. The highest BCUT2D eigenvalue weighted by atomic mass is 16.1. The highest BCUT2D eigenvalue weighted by Gasteiger charge is 2.10. The van der Waals surface area contributed by atoms with Crippen LogP contribution in [-0.2, 0) is 6.54 Å². The van der Waals surface area contributed by atoms with Crippen molar-refractivity contribution in [3.05, 3.63) is 108 Å². The number of para-hydroxylation sites is 1. The Morgan fingerprint density at radius 1 is 0.889 bits per heavy atom. The number of hydrogen-bond donors (Lipinski definition) is 0. The van der Waals surface area contributed by atoms with Gasteiger partial charge in [-0.25, -0.2) is 0 Å². The van der Waals surface area contributed by atoms with Crippen molar-refractivity contribution in [2.24, 2.45) is 4.99 Å². The minimum atomic E-state index is -0.426. The molecule has 132 valence electrons. The highest BCUT2D eigenvalue weighted by molar-refractivity contribution is 5.92. The maximum absolute atomic E-state index is 12.6. The van der Waals surface area contributed by atoms with E-state index in [0.29, 0.717) is 12.0 Å². The molecule has 0 spiro atoms. The quantitative estimate of drug-likeness (QED) is 0.565. The molecular formula is C21H17N5O. The predicted octanol–water partition coefficient (Wildman–Crippen LogP) is 2.86. The van der Waals surface area contributed by atoms with E-state index in [1.54, 1.807) is 0 Å².